The predicted octanol–water partition coefficient (Wildman–Crippen LogP) is 1.45. The lowest BCUT2D eigenvalue weighted by Crippen LogP contribution is -2.32. The molecule has 0 saturated carbocycles. The zero-order chi connectivity index (χ0) is 15.2. The third-order valence-electron chi connectivity index (χ3n) is 4.49. The van der Waals surface area contributed by atoms with Crippen LogP contribution in [0.3, 0.4) is 0 Å². The molecule has 2 rings (SSSR count). The zero-order valence-corrected chi connectivity index (χ0v) is 13.3. The summed E-state index contributed by atoms with van der Waals surface area (Å²) in [5, 5.41) is 13.7. The lowest BCUT2D eigenvalue weighted by Gasteiger charge is -2.25. The van der Waals surface area contributed by atoms with Gasteiger partial charge in [0.2, 0.25) is 5.89 Å². The molecule has 0 bridgehead atoms. The Kier molecular flexibility index (Phi) is 6.14. The summed E-state index contributed by atoms with van der Waals surface area (Å²) in [6.07, 6.45) is 2.92. The summed E-state index contributed by atoms with van der Waals surface area (Å²) in [5.41, 5.74) is 0. The number of ether oxygens (including phenoxy) is 1. The molecule has 1 aliphatic heterocycles. The summed E-state index contributed by atoms with van der Waals surface area (Å²) in [4.78, 5) is 6.93. The van der Waals surface area contributed by atoms with Crippen LogP contribution in [-0.4, -0.2) is 59.6 Å². The molecule has 6 nitrogen and oxygen atoms in total. The maximum atomic E-state index is 9.65. The Balaban J connectivity index is 2.05. The predicted molar refractivity (Wildman–Crippen MR) is 79.1 cm³/mol. The van der Waals surface area contributed by atoms with Crippen LogP contribution in [0, 0.1) is 5.92 Å². The van der Waals surface area contributed by atoms with Crippen LogP contribution in [0.15, 0.2) is 4.52 Å². The number of nitrogens with zero attached hydrogens (tertiary/aromatic N) is 3. The Hall–Kier alpha value is -0.980. The monoisotopic (exact) mass is 297 g/mol. The number of hydrogen-bond acceptors (Lipinski definition) is 6. The molecule has 1 aromatic rings. The molecule has 0 radical (unpaired) electrons. The number of rotatable bonds is 8. The second-order valence-electron chi connectivity index (χ2n) is 5.77. The van der Waals surface area contributed by atoms with Crippen molar-refractivity contribution in [2.24, 2.45) is 5.92 Å². The van der Waals surface area contributed by atoms with Crippen molar-refractivity contribution in [3.05, 3.63) is 11.7 Å². The second kappa shape index (κ2) is 7.87. The van der Waals surface area contributed by atoms with E-state index in [1.54, 1.807) is 7.11 Å². The van der Waals surface area contributed by atoms with E-state index in [4.69, 9.17) is 9.26 Å². The molecule has 0 amide bonds. The van der Waals surface area contributed by atoms with Gasteiger partial charge in [-0.25, -0.2) is 0 Å². The number of aliphatic hydroxyl groups is 1. The number of likely N-dealkylation sites (tertiary alicyclic amines) is 1. The fourth-order valence-electron chi connectivity index (χ4n) is 3.19. The van der Waals surface area contributed by atoms with E-state index in [2.05, 4.69) is 28.9 Å². The molecule has 0 spiro atoms. The third kappa shape index (κ3) is 3.81. The van der Waals surface area contributed by atoms with Gasteiger partial charge in [-0.15, -0.1) is 0 Å². The molecule has 21 heavy (non-hydrogen) atoms. The fraction of sp³-hybridized carbons (Fsp3) is 0.867. The standard InChI is InChI=1S/C15H27N3O3/c1-4-12(5-2)18-8-11(10-19)13(9-18)15-16-14(17-21-15)6-7-20-3/h11-13,19H,4-10H2,1-3H3/t11-,13+/m0/s1. The van der Waals surface area contributed by atoms with Crippen LogP contribution in [0.25, 0.3) is 0 Å². The first-order valence-corrected chi connectivity index (χ1v) is 7.89. The van der Waals surface area contributed by atoms with Crippen LogP contribution >= 0.6 is 0 Å². The van der Waals surface area contributed by atoms with Gasteiger partial charge in [-0.2, -0.15) is 4.98 Å². The van der Waals surface area contributed by atoms with Crippen molar-refractivity contribution in [2.75, 3.05) is 33.4 Å². The highest BCUT2D eigenvalue weighted by Crippen LogP contribution is 2.33. The van der Waals surface area contributed by atoms with E-state index in [-0.39, 0.29) is 18.4 Å². The average molecular weight is 297 g/mol. The summed E-state index contributed by atoms with van der Waals surface area (Å²) in [7, 11) is 1.66. The molecule has 120 valence electrons. The SMILES string of the molecule is CCC(CC)N1C[C@@H](CO)[C@H](c2nc(CCOC)no2)C1. The number of aliphatic hydroxyl groups excluding tert-OH is 1. The fourth-order valence-corrected chi connectivity index (χ4v) is 3.19. The molecule has 1 N–H and O–H groups in total. The number of aromatic nitrogens is 2. The summed E-state index contributed by atoms with van der Waals surface area (Å²) in [6, 6.07) is 0.569. The van der Waals surface area contributed by atoms with Crippen molar-refractivity contribution in [1.29, 1.82) is 0 Å². The summed E-state index contributed by atoms with van der Waals surface area (Å²) < 4.78 is 10.4. The van der Waals surface area contributed by atoms with Gasteiger partial charge in [0.05, 0.1) is 12.5 Å². The highest BCUT2D eigenvalue weighted by molar-refractivity contribution is 5.03. The van der Waals surface area contributed by atoms with Crippen molar-refractivity contribution < 1.29 is 14.4 Å². The quantitative estimate of drug-likeness (QED) is 0.783. The molecular formula is C15H27N3O3. The van der Waals surface area contributed by atoms with Crippen LogP contribution in [-0.2, 0) is 11.2 Å². The summed E-state index contributed by atoms with van der Waals surface area (Å²) in [5.74, 6) is 1.67. The molecule has 1 aromatic heterocycles. The number of hydrogen-bond donors (Lipinski definition) is 1. The van der Waals surface area contributed by atoms with Gasteiger partial charge in [-0.3, -0.25) is 4.90 Å². The minimum atomic E-state index is 0.138. The van der Waals surface area contributed by atoms with Gasteiger partial charge in [-0.1, -0.05) is 19.0 Å². The Bertz CT molecular complexity index is 420. The maximum absolute atomic E-state index is 9.65. The highest BCUT2D eigenvalue weighted by Gasteiger charge is 2.38. The summed E-state index contributed by atoms with van der Waals surface area (Å²) in [6.45, 7) is 6.98. The molecule has 1 aliphatic rings. The van der Waals surface area contributed by atoms with Gasteiger partial charge in [0, 0.05) is 45.2 Å². The van der Waals surface area contributed by atoms with Crippen molar-refractivity contribution in [2.45, 2.75) is 45.1 Å². The van der Waals surface area contributed by atoms with Crippen LogP contribution in [0.4, 0.5) is 0 Å². The van der Waals surface area contributed by atoms with Gasteiger partial charge < -0.3 is 14.4 Å². The largest absolute Gasteiger partial charge is 0.396 e. The lowest BCUT2D eigenvalue weighted by atomic mass is 9.97. The third-order valence-corrected chi connectivity index (χ3v) is 4.49. The van der Waals surface area contributed by atoms with Crippen LogP contribution in [0.5, 0.6) is 0 Å². The molecule has 0 aliphatic carbocycles. The summed E-state index contributed by atoms with van der Waals surface area (Å²) >= 11 is 0. The van der Waals surface area contributed by atoms with E-state index in [0.717, 1.165) is 25.9 Å². The van der Waals surface area contributed by atoms with Gasteiger partial charge >= 0.3 is 0 Å². The van der Waals surface area contributed by atoms with Gasteiger partial charge in [0.15, 0.2) is 5.82 Å². The minimum absolute atomic E-state index is 0.138. The Labute approximate surface area is 126 Å². The molecule has 0 aromatic carbocycles. The Morgan fingerprint density at radius 3 is 2.76 bits per heavy atom. The Morgan fingerprint density at radius 1 is 1.38 bits per heavy atom. The topological polar surface area (TPSA) is 71.6 Å². The van der Waals surface area contributed by atoms with Gasteiger partial charge in [-0.05, 0) is 12.8 Å². The normalized spacial score (nSPS) is 23.3. The first-order chi connectivity index (χ1) is 10.2. The maximum Gasteiger partial charge on any atom is 0.231 e. The van der Waals surface area contributed by atoms with E-state index in [1.165, 1.54) is 0 Å². The smallest absolute Gasteiger partial charge is 0.231 e. The second-order valence-corrected chi connectivity index (χ2v) is 5.77. The van der Waals surface area contributed by atoms with Gasteiger partial charge in [0.1, 0.15) is 0 Å². The zero-order valence-electron chi connectivity index (χ0n) is 13.3. The minimum Gasteiger partial charge on any atom is -0.396 e. The van der Waals surface area contributed by atoms with Crippen molar-refractivity contribution in [3.8, 4) is 0 Å². The molecule has 0 unspecified atom stereocenters. The van der Waals surface area contributed by atoms with Gasteiger partial charge in [0.25, 0.3) is 0 Å². The van der Waals surface area contributed by atoms with Crippen LogP contribution < -0.4 is 0 Å². The molecule has 1 saturated heterocycles. The van der Waals surface area contributed by atoms with E-state index in [9.17, 15) is 5.11 Å². The van der Waals surface area contributed by atoms with E-state index >= 15 is 0 Å². The first kappa shape index (κ1) is 16.4. The molecule has 1 fully saturated rings. The highest BCUT2D eigenvalue weighted by atomic mass is 16.5. The first-order valence-electron chi connectivity index (χ1n) is 7.89. The molecule has 2 atom stereocenters. The van der Waals surface area contributed by atoms with E-state index in [0.29, 0.717) is 30.8 Å². The van der Waals surface area contributed by atoms with Crippen molar-refractivity contribution >= 4 is 0 Å². The van der Waals surface area contributed by atoms with Crippen molar-refractivity contribution in [1.82, 2.24) is 15.0 Å². The average Bonchev–Trinajstić information content (AvgIpc) is 3.12. The van der Waals surface area contributed by atoms with E-state index in [1.807, 2.05) is 0 Å². The molecular weight excluding hydrogens is 270 g/mol. The molecule has 6 heteroatoms. The number of methoxy groups -OCH3 is 1. The van der Waals surface area contributed by atoms with Crippen molar-refractivity contribution in [3.63, 3.8) is 0 Å². The van der Waals surface area contributed by atoms with E-state index < -0.39 is 0 Å². The Morgan fingerprint density at radius 2 is 2.14 bits per heavy atom. The van der Waals surface area contributed by atoms with Crippen LogP contribution in [0.1, 0.15) is 44.3 Å². The molecule has 2 heterocycles. The lowest BCUT2D eigenvalue weighted by molar-refractivity contribution is 0.188. The van der Waals surface area contributed by atoms with Crippen LogP contribution in [0.2, 0.25) is 0 Å².